The number of nitrogens with one attached hydrogen (secondary N) is 1. The fourth-order valence-electron chi connectivity index (χ4n) is 1.59. The number of rotatable bonds is 5. The Balaban J connectivity index is 2.80. The number of aliphatic hydroxyl groups is 1. The summed E-state index contributed by atoms with van der Waals surface area (Å²) >= 11 is 1.63. The minimum absolute atomic E-state index is 0.136. The number of anilines is 2. The zero-order valence-corrected chi connectivity index (χ0v) is 11.0. The SMILES string of the molecule is CSC(CO)C(C)Nc1c(N)c(C)nn1C. The number of hydrogen-bond acceptors (Lipinski definition) is 5. The van der Waals surface area contributed by atoms with Crippen LogP contribution in [0.1, 0.15) is 12.6 Å². The van der Waals surface area contributed by atoms with Crippen molar-refractivity contribution < 1.29 is 5.11 Å². The van der Waals surface area contributed by atoms with Gasteiger partial charge >= 0.3 is 0 Å². The van der Waals surface area contributed by atoms with Crippen LogP contribution in [0.4, 0.5) is 11.5 Å². The van der Waals surface area contributed by atoms with Crippen LogP contribution in [0.3, 0.4) is 0 Å². The van der Waals surface area contributed by atoms with Crippen molar-refractivity contribution >= 4 is 23.3 Å². The van der Waals surface area contributed by atoms with Crippen LogP contribution < -0.4 is 11.1 Å². The molecule has 0 aliphatic heterocycles. The number of nitrogen functional groups attached to an aromatic ring is 1. The van der Waals surface area contributed by atoms with Gasteiger partial charge in [-0.3, -0.25) is 4.68 Å². The molecule has 0 spiro atoms. The topological polar surface area (TPSA) is 76.1 Å². The standard InChI is InChI=1S/C10H20N4OS/c1-6(8(5-15)16-4)12-10-9(11)7(2)13-14(10)3/h6,8,12,15H,5,11H2,1-4H3. The van der Waals surface area contributed by atoms with Crippen molar-refractivity contribution in [3.8, 4) is 0 Å². The molecule has 2 unspecified atom stereocenters. The van der Waals surface area contributed by atoms with Crippen molar-refractivity contribution in [1.82, 2.24) is 9.78 Å². The summed E-state index contributed by atoms with van der Waals surface area (Å²) in [5.41, 5.74) is 7.41. The van der Waals surface area contributed by atoms with E-state index in [0.717, 1.165) is 11.5 Å². The van der Waals surface area contributed by atoms with Crippen molar-refractivity contribution in [1.29, 1.82) is 0 Å². The molecule has 1 aromatic rings. The maximum absolute atomic E-state index is 9.20. The number of nitrogens with two attached hydrogens (primary N) is 1. The van der Waals surface area contributed by atoms with Gasteiger partial charge in [-0.15, -0.1) is 0 Å². The maximum atomic E-state index is 9.20. The number of aryl methyl sites for hydroxylation is 2. The zero-order chi connectivity index (χ0) is 12.3. The first-order valence-corrected chi connectivity index (χ1v) is 6.49. The summed E-state index contributed by atoms with van der Waals surface area (Å²) in [6.45, 7) is 4.05. The summed E-state index contributed by atoms with van der Waals surface area (Å²) in [7, 11) is 1.85. The lowest BCUT2D eigenvalue weighted by Gasteiger charge is -2.22. The second kappa shape index (κ2) is 5.45. The lowest BCUT2D eigenvalue weighted by Crippen LogP contribution is -2.32. The third-order valence-electron chi connectivity index (χ3n) is 2.67. The highest BCUT2D eigenvalue weighted by molar-refractivity contribution is 7.99. The van der Waals surface area contributed by atoms with Crippen molar-refractivity contribution in [2.24, 2.45) is 7.05 Å². The Hall–Kier alpha value is -0.880. The lowest BCUT2D eigenvalue weighted by molar-refractivity contribution is 0.288. The van der Waals surface area contributed by atoms with Crippen LogP contribution in [-0.4, -0.2) is 39.0 Å². The highest BCUT2D eigenvalue weighted by Gasteiger charge is 2.18. The minimum atomic E-state index is 0.136. The monoisotopic (exact) mass is 244 g/mol. The molecule has 16 heavy (non-hydrogen) atoms. The predicted molar refractivity (Wildman–Crippen MR) is 69.8 cm³/mol. The molecule has 2 atom stereocenters. The van der Waals surface area contributed by atoms with Crippen molar-refractivity contribution in [2.75, 3.05) is 23.9 Å². The molecule has 1 heterocycles. The molecule has 0 saturated heterocycles. The minimum Gasteiger partial charge on any atom is -0.395 e. The van der Waals surface area contributed by atoms with Gasteiger partial charge in [-0.1, -0.05) is 0 Å². The van der Waals surface area contributed by atoms with E-state index < -0.39 is 0 Å². The van der Waals surface area contributed by atoms with Gasteiger partial charge in [-0.05, 0) is 20.1 Å². The Labute approximate surface area is 100 Å². The molecule has 4 N–H and O–H groups in total. The first-order chi connectivity index (χ1) is 7.51. The molecule has 1 aromatic heterocycles. The van der Waals surface area contributed by atoms with Gasteiger partial charge in [-0.2, -0.15) is 16.9 Å². The van der Waals surface area contributed by atoms with E-state index in [2.05, 4.69) is 10.4 Å². The van der Waals surface area contributed by atoms with Crippen LogP contribution in [0.15, 0.2) is 0 Å². The average molecular weight is 244 g/mol. The molecule has 0 aromatic carbocycles. The normalized spacial score (nSPS) is 14.8. The maximum Gasteiger partial charge on any atom is 0.148 e. The smallest absolute Gasteiger partial charge is 0.148 e. The predicted octanol–water partition coefficient (Wildman–Crippen LogP) is 0.835. The molecule has 0 saturated carbocycles. The summed E-state index contributed by atoms with van der Waals surface area (Å²) in [6.07, 6.45) is 1.98. The molecular formula is C10H20N4OS. The van der Waals surface area contributed by atoms with E-state index >= 15 is 0 Å². The molecule has 0 fully saturated rings. The highest BCUT2D eigenvalue weighted by Crippen LogP contribution is 2.23. The van der Waals surface area contributed by atoms with Crippen LogP contribution in [0.25, 0.3) is 0 Å². The Kier molecular flexibility index (Phi) is 4.49. The second-order valence-electron chi connectivity index (χ2n) is 3.86. The van der Waals surface area contributed by atoms with Crippen LogP contribution in [0, 0.1) is 6.92 Å². The van der Waals surface area contributed by atoms with Crippen LogP contribution in [0.5, 0.6) is 0 Å². The third-order valence-corrected chi connectivity index (χ3v) is 3.84. The molecule has 0 aliphatic carbocycles. The fourth-order valence-corrected chi connectivity index (χ4v) is 2.22. The Bertz CT molecular complexity index is 349. The molecular weight excluding hydrogens is 224 g/mol. The molecule has 0 amide bonds. The molecule has 0 aliphatic rings. The molecule has 1 rings (SSSR count). The van der Waals surface area contributed by atoms with Crippen LogP contribution in [-0.2, 0) is 7.05 Å². The Morgan fingerprint density at radius 1 is 1.62 bits per heavy atom. The number of aliphatic hydroxyl groups excluding tert-OH is 1. The summed E-state index contributed by atoms with van der Waals surface area (Å²) in [4.78, 5) is 0. The fraction of sp³-hybridized carbons (Fsp3) is 0.700. The highest BCUT2D eigenvalue weighted by atomic mass is 32.2. The first-order valence-electron chi connectivity index (χ1n) is 5.20. The summed E-state index contributed by atoms with van der Waals surface area (Å²) in [6, 6.07) is 0.136. The van der Waals surface area contributed by atoms with Gasteiger partial charge in [-0.25, -0.2) is 0 Å². The molecule has 0 bridgehead atoms. The molecule has 0 radical (unpaired) electrons. The number of thioether (sulfide) groups is 1. The van der Waals surface area contributed by atoms with Crippen LogP contribution in [0.2, 0.25) is 0 Å². The number of hydrogen-bond donors (Lipinski definition) is 3. The van der Waals surface area contributed by atoms with E-state index in [1.165, 1.54) is 0 Å². The van der Waals surface area contributed by atoms with E-state index in [9.17, 15) is 5.11 Å². The Morgan fingerprint density at radius 3 is 2.62 bits per heavy atom. The van der Waals surface area contributed by atoms with Crippen LogP contribution >= 0.6 is 11.8 Å². The largest absolute Gasteiger partial charge is 0.395 e. The van der Waals surface area contributed by atoms with E-state index in [0.29, 0.717) is 5.69 Å². The van der Waals surface area contributed by atoms with Crippen molar-refractivity contribution in [2.45, 2.75) is 25.1 Å². The van der Waals surface area contributed by atoms with Gasteiger partial charge in [0, 0.05) is 18.3 Å². The molecule has 6 heteroatoms. The van der Waals surface area contributed by atoms with E-state index in [1.807, 2.05) is 27.2 Å². The molecule has 5 nitrogen and oxygen atoms in total. The van der Waals surface area contributed by atoms with Crippen molar-refractivity contribution in [3.05, 3.63) is 5.69 Å². The van der Waals surface area contributed by atoms with E-state index in [-0.39, 0.29) is 17.9 Å². The van der Waals surface area contributed by atoms with Gasteiger partial charge in [0.05, 0.1) is 18.0 Å². The van der Waals surface area contributed by atoms with E-state index in [4.69, 9.17) is 5.73 Å². The number of nitrogens with zero attached hydrogens (tertiary/aromatic N) is 2. The van der Waals surface area contributed by atoms with Crippen molar-refractivity contribution in [3.63, 3.8) is 0 Å². The van der Waals surface area contributed by atoms with Gasteiger partial charge in [0.25, 0.3) is 0 Å². The second-order valence-corrected chi connectivity index (χ2v) is 4.94. The van der Waals surface area contributed by atoms with Gasteiger partial charge in [0.1, 0.15) is 5.82 Å². The Morgan fingerprint density at radius 2 is 2.25 bits per heavy atom. The summed E-state index contributed by atoms with van der Waals surface area (Å²) < 4.78 is 1.73. The third kappa shape index (κ3) is 2.62. The quantitative estimate of drug-likeness (QED) is 0.715. The molecule has 92 valence electrons. The van der Waals surface area contributed by atoms with E-state index in [1.54, 1.807) is 16.4 Å². The summed E-state index contributed by atoms with van der Waals surface area (Å²) in [5, 5.41) is 16.9. The number of aromatic nitrogens is 2. The van der Waals surface area contributed by atoms with Gasteiger partial charge in [0.15, 0.2) is 0 Å². The van der Waals surface area contributed by atoms with Gasteiger partial charge < -0.3 is 16.2 Å². The first kappa shape index (κ1) is 13.2. The summed E-state index contributed by atoms with van der Waals surface area (Å²) in [5.74, 6) is 0.817. The lowest BCUT2D eigenvalue weighted by atomic mass is 10.2. The van der Waals surface area contributed by atoms with Gasteiger partial charge in [0.2, 0.25) is 0 Å². The zero-order valence-electron chi connectivity index (χ0n) is 10.2. The average Bonchev–Trinajstić information content (AvgIpc) is 2.47.